The van der Waals surface area contributed by atoms with Gasteiger partial charge in [0, 0.05) is 29.2 Å². The van der Waals surface area contributed by atoms with Gasteiger partial charge in [0.05, 0.1) is 6.04 Å². The van der Waals surface area contributed by atoms with Crippen molar-refractivity contribution in [3.8, 4) is 0 Å². The van der Waals surface area contributed by atoms with Crippen LogP contribution in [0.4, 0.5) is 4.79 Å². The monoisotopic (exact) mass is 332 g/mol. The molecule has 5 unspecified atom stereocenters. The van der Waals surface area contributed by atoms with Crippen molar-refractivity contribution < 1.29 is 9.90 Å². The van der Waals surface area contributed by atoms with Gasteiger partial charge in [-0.05, 0) is 49.1 Å². The number of urea groups is 1. The number of fused-ring (bicyclic) bond motifs is 3. The lowest BCUT2D eigenvalue weighted by Crippen LogP contribution is -2.50. The van der Waals surface area contributed by atoms with Gasteiger partial charge in [-0.25, -0.2) is 4.79 Å². The molecule has 124 valence electrons. The third-order valence-electron chi connectivity index (χ3n) is 5.86. The van der Waals surface area contributed by atoms with E-state index < -0.39 is 0 Å². The Morgan fingerprint density at radius 2 is 2.00 bits per heavy atom. The first-order valence-corrected chi connectivity index (χ1v) is 9.64. The number of hydrogen-bond acceptors (Lipinski definition) is 3. The van der Waals surface area contributed by atoms with Gasteiger partial charge in [0.2, 0.25) is 0 Å². The normalized spacial score (nSPS) is 34.9. The van der Waals surface area contributed by atoms with Crippen LogP contribution in [-0.4, -0.2) is 29.5 Å². The van der Waals surface area contributed by atoms with Crippen LogP contribution in [-0.2, 0) is 0 Å². The minimum atomic E-state index is -0.0762. The molecule has 4 rings (SSSR count). The van der Waals surface area contributed by atoms with Gasteiger partial charge in [-0.2, -0.15) is 0 Å². The van der Waals surface area contributed by atoms with Gasteiger partial charge in [-0.15, -0.1) is 11.8 Å². The van der Waals surface area contributed by atoms with Crippen LogP contribution in [0.1, 0.15) is 37.3 Å². The van der Waals surface area contributed by atoms with Crippen molar-refractivity contribution in [3.63, 3.8) is 0 Å². The highest BCUT2D eigenvalue weighted by Gasteiger charge is 2.47. The van der Waals surface area contributed by atoms with Crippen LogP contribution in [0.25, 0.3) is 0 Å². The van der Waals surface area contributed by atoms with E-state index in [1.165, 1.54) is 29.7 Å². The molecule has 0 radical (unpaired) electrons. The molecular weight excluding hydrogens is 308 g/mol. The highest BCUT2D eigenvalue weighted by atomic mass is 32.2. The van der Waals surface area contributed by atoms with Crippen molar-refractivity contribution in [2.75, 3.05) is 12.4 Å². The lowest BCUT2D eigenvalue weighted by Gasteiger charge is -2.32. The van der Waals surface area contributed by atoms with Crippen molar-refractivity contribution in [3.05, 3.63) is 29.8 Å². The Kier molecular flexibility index (Phi) is 4.24. The summed E-state index contributed by atoms with van der Waals surface area (Å²) >= 11 is 1.86. The molecule has 0 spiro atoms. The first-order chi connectivity index (χ1) is 11.3. The quantitative estimate of drug-likeness (QED) is 0.797. The highest BCUT2D eigenvalue weighted by molar-refractivity contribution is 7.99. The zero-order valence-corrected chi connectivity index (χ0v) is 14.0. The van der Waals surface area contributed by atoms with E-state index in [9.17, 15) is 9.90 Å². The number of amides is 2. The molecule has 1 heterocycles. The fraction of sp³-hybridized carbons (Fsp3) is 0.611. The van der Waals surface area contributed by atoms with E-state index in [1.807, 2.05) is 17.8 Å². The summed E-state index contributed by atoms with van der Waals surface area (Å²) in [4.78, 5) is 13.8. The van der Waals surface area contributed by atoms with Crippen LogP contribution in [0.15, 0.2) is 29.2 Å². The standard InChI is InChI=1S/C18H24N2O2S/c21-10-14-11-5-6-12(9-11)17(14)20-18(22)19-15-7-8-23-16-4-2-1-3-13(15)16/h1-4,11-12,14-15,17,21H,5-10H2,(H2,19,20,22). The van der Waals surface area contributed by atoms with Crippen molar-refractivity contribution in [1.29, 1.82) is 0 Å². The van der Waals surface area contributed by atoms with Crippen LogP contribution in [0.3, 0.4) is 0 Å². The summed E-state index contributed by atoms with van der Waals surface area (Å²) in [5.41, 5.74) is 1.23. The average molecular weight is 332 g/mol. The molecule has 0 saturated heterocycles. The molecular formula is C18H24N2O2S. The largest absolute Gasteiger partial charge is 0.396 e. The molecule has 1 aromatic rings. The van der Waals surface area contributed by atoms with Crippen LogP contribution in [0, 0.1) is 17.8 Å². The number of aliphatic hydroxyl groups is 1. The Balaban J connectivity index is 1.41. The molecule has 2 aliphatic carbocycles. The molecule has 2 bridgehead atoms. The van der Waals surface area contributed by atoms with E-state index in [0.29, 0.717) is 11.8 Å². The lowest BCUT2D eigenvalue weighted by molar-refractivity contribution is 0.144. The van der Waals surface area contributed by atoms with Gasteiger partial charge in [0.25, 0.3) is 0 Å². The number of carbonyl (C=O) groups excluding carboxylic acids is 1. The zero-order chi connectivity index (χ0) is 15.8. The second kappa shape index (κ2) is 6.36. The molecule has 1 aromatic carbocycles. The molecule has 2 saturated carbocycles. The first kappa shape index (κ1) is 15.3. The number of thioether (sulfide) groups is 1. The number of rotatable bonds is 3. The molecule has 0 aromatic heterocycles. The van der Waals surface area contributed by atoms with E-state index in [4.69, 9.17) is 0 Å². The van der Waals surface area contributed by atoms with Gasteiger partial charge in [0.15, 0.2) is 0 Å². The maximum absolute atomic E-state index is 12.5. The number of benzene rings is 1. The van der Waals surface area contributed by atoms with Crippen molar-refractivity contribution in [2.45, 2.75) is 42.7 Å². The first-order valence-electron chi connectivity index (χ1n) is 8.66. The third-order valence-corrected chi connectivity index (χ3v) is 6.98. The van der Waals surface area contributed by atoms with E-state index in [2.05, 4.69) is 28.8 Å². The predicted octanol–water partition coefficient (Wildman–Crippen LogP) is 2.93. The minimum Gasteiger partial charge on any atom is -0.396 e. The maximum Gasteiger partial charge on any atom is 0.315 e. The molecule has 3 aliphatic rings. The maximum atomic E-state index is 12.5. The van der Waals surface area contributed by atoms with Gasteiger partial charge < -0.3 is 15.7 Å². The molecule has 5 atom stereocenters. The van der Waals surface area contributed by atoms with Gasteiger partial charge in [0.1, 0.15) is 0 Å². The fourth-order valence-electron chi connectivity index (χ4n) is 4.74. The predicted molar refractivity (Wildman–Crippen MR) is 91.4 cm³/mol. The summed E-state index contributed by atoms with van der Waals surface area (Å²) in [6.45, 7) is 0.189. The molecule has 5 heteroatoms. The number of carbonyl (C=O) groups is 1. The molecule has 2 amide bonds. The Hall–Kier alpha value is -1.20. The van der Waals surface area contributed by atoms with Crippen LogP contribution < -0.4 is 10.6 Å². The zero-order valence-electron chi connectivity index (χ0n) is 13.2. The fourth-order valence-corrected chi connectivity index (χ4v) is 5.87. The molecule has 4 nitrogen and oxygen atoms in total. The van der Waals surface area contributed by atoms with Crippen molar-refractivity contribution >= 4 is 17.8 Å². The Morgan fingerprint density at radius 1 is 1.17 bits per heavy atom. The van der Waals surface area contributed by atoms with Crippen LogP contribution in [0.2, 0.25) is 0 Å². The van der Waals surface area contributed by atoms with E-state index >= 15 is 0 Å². The molecule has 3 N–H and O–H groups in total. The second-order valence-corrected chi connectivity index (χ2v) is 8.19. The smallest absolute Gasteiger partial charge is 0.315 e. The lowest BCUT2D eigenvalue weighted by atomic mass is 9.85. The number of nitrogens with one attached hydrogen (secondary N) is 2. The van der Waals surface area contributed by atoms with Crippen LogP contribution in [0.5, 0.6) is 0 Å². The summed E-state index contributed by atoms with van der Waals surface area (Å²) < 4.78 is 0. The summed E-state index contributed by atoms with van der Waals surface area (Å²) in [5.74, 6) is 2.43. The highest BCUT2D eigenvalue weighted by Crippen LogP contribution is 2.48. The summed E-state index contributed by atoms with van der Waals surface area (Å²) in [7, 11) is 0. The van der Waals surface area contributed by atoms with Gasteiger partial charge in [-0.3, -0.25) is 0 Å². The van der Waals surface area contributed by atoms with Gasteiger partial charge >= 0.3 is 6.03 Å². The molecule has 23 heavy (non-hydrogen) atoms. The summed E-state index contributed by atoms with van der Waals surface area (Å²) in [6.07, 6.45) is 4.53. The summed E-state index contributed by atoms with van der Waals surface area (Å²) in [5, 5.41) is 16.0. The topological polar surface area (TPSA) is 61.4 Å². The minimum absolute atomic E-state index is 0.0762. The second-order valence-electron chi connectivity index (χ2n) is 7.05. The average Bonchev–Trinajstić information content (AvgIpc) is 3.16. The van der Waals surface area contributed by atoms with Crippen molar-refractivity contribution in [2.24, 2.45) is 17.8 Å². The SMILES string of the molecule is O=C(NC1CCSc2ccccc21)NC1C2CCC(C2)C1CO. The number of hydrogen-bond donors (Lipinski definition) is 3. The van der Waals surface area contributed by atoms with E-state index in [0.717, 1.165) is 12.2 Å². The Morgan fingerprint density at radius 3 is 2.87 bits per heavy atom. The van der Waals surface area contributed by atoms with Gasteiger partial charge in [-0.1, -0.05) is 18.2 Å². The summed E-state index contributed by atoms with van der Waals surface area (Å²) in [6, 6.07) is 8.49. The Labute approximate surface area is 141 Å². The third kappa shape index (κ3) is 2.85. The van der Waals surface area contributed by atoms with Crippen LogP contribution >= 0.6 is 11.8 Å². The Bertz CT molecular complexity index is 594. The molecule has 2 fully saturated rings. The number of aliphatic hydroxyl groups excluding tert-OH is 1. The van der Waals surface area contributed by atoms with Crippen molar-refractivity contribution in [1.82, 2.24) is 10.6 Å². The van der Waals surface area contributed by atoms with E-state index in [-0.39, 0.29) is 30.6 Å². The molecule has 1 aliphatic heterocycles. The van der Waals surface area contributed by atoms with E-state index in [1.54, 1.807) is 0 Å².